The minimum absolute atomic E-state index is 0.0408. The summed E-state index contributed by atoms with van der Waals surface area (Å²) in [5.41, 5.74) is 2.40. The van der Waals surface area contributed by atoms with Crippen molar-refractivity contribution in [2.24, 2.45) is 0 Å². The number of carbonyl (C=O) groups is 1. The molecule has 0 fully saturated rings. The third kappa shape index (κ3) is 5.34. The first-order valence-electron chi connectivity index (χ1n) is 8.19. The molecule has 1 heterocycles. The van der Waals surface area contributed by atoms with Gasteiger partial charge in [0.1, 0.15) is 5.75 Å². The summed E-state index contributed by atoms with van der Waals surface area (Å²) in [6.07, 6.45) is 2.60. The van der Waals surface area contributed by atoms with Gasteiger partial charge in [0, 0.05) is 22.4 Å². The van der Waals surface area contributed by atoms with Gasteiger partial charge < -0.3 is 10.1 Å². The molecule has 1 aromatic heterocycles. The molecule has 0 aliphatic carbocycles. The van der Waals surface area contributed by atoms with E-state index in [-0.39, 0.29) is 5.91 Å². The Bertz CT molecular complexity index is 858. The molecule has 4 nitrogen and oxygen atoms in total. The number of amides is 1. The first-order chi connectivity index (χ1) is 12.6. The summed E-state index contributed by atoms with van der Waals surface area (Å²) in [5.74, 6) is 1.18. The first kappa shape index (κ1) is 18.5. The van der Waals surface area contributed by atoms with E-state index in [0.29, 0.717) is 10.9 Å². The van der Waals surface area contributed by atoms with Crippen molar-refractivity contribution in [3.8, 4) is 5.75 Å². The van der Waals surface area contributed by atoms with Crippen molar-refractivity contribution in [2.45, 2.75) is 18.2 Å². The van der Waals surface area contributed by atoms with Crippen LogP contribution in [0.4, 0.5) is 5.13 Å². The van der Waals surface area contributed by atoms with Gasteiger partial charge in [-0.2, -0.15) is 0 Å². The SMILES string of the molecule is COc1ccc(Cc2cnc(NC(=O)CSc3ccc(C)cc3)s2)cc1. The number of thiazole rings is 1. The predicted molar refractivity (Wildman–Crippen MR) is 108 cm³/mol. The molecule has 2 aromatic carbocycles. The van der Waals surface area contributed by atoms with E-state index in [0.717, 1.165) is 21.9 Å². The molecule has 0 saturated heterocycles. The number of nitrogens with zero attached hydrogens (tertiary/aromatic N) is 1. The lowest BCUT2D eigenvalue weighted by Crippen LogP contribution is -2.13. The van der Waals surface area contributed by atoms with Crippen LogP contribution in [0.5, 0.6) is 5.75 Å². The second kappa shape index (κ2) is 8.87. The summed E-state index contributed by atoms with van der Waals surface area (Å²) in [6, 6.07) is 16.1. The highest BCUT2D eigenvalue weighted by Gasteiger charge is 2.08. The van der Waals surface area contributed by atoms with Gasteiger partial charge >= 0.3 is 0 Å². The molecule has 3 aromatic rings. The molecule has 0 aliphatic rings. The summed E-state index contributed by atoms with van der Waals surface area (Å²) >= 11 is 3.03. The van der Waals surface area contributed by atoms with Crippen LogP contribution in [-0.4, -0.2) is 23.8 Å². The molecule has 0 saturated carbocycles. The van der Waals surface area contributed by atoms with Crippen molar-refractivity contribution < 1.29 is 9.53 Å². The fraction of sp³-hybridized carbons (Fsp3) is 0.200. The van der Waals surface area contributed by atoms with Crippen molar-refractivity contribution in [1.82, 2.24) is 4.98 Å². The van der Waals surface area contributed by atoms with Gasteiger partial charge in [-0.3, -0.25) is 4.79 Å². The topological polar surface area (TPSA) is 51.2 Å². The fourth-order valence-corrected chi connectivity index (χ4v) is 3.89. The Morgan fingerprint density at radius 2 is 1.88 bits per heavy atom. The van der Waals surface area contributed by atoms with Crippen molar-refractivity contribution in [1.29, 1.82) is 0 Å². The Labute approximate surface area is 161 Å². The van der Waals surface area contributed by atoms with Crippen LogP contribution in [0, 0.1) is 6.92 Å². The quantitative estimate of drug-likeness (QED) is 0.596. The number of anilines is 1. The van der Waals surface area contributed by atoms with E-state index in [9.17, 15) is 4.79 Å². The Morgan fingerprint density at radius 3 is 2.58 bits per heavy atom. The zero-order valence-corrected chi connectivity index (χ0v) is 16.3. The Kier molecular flexibility index (Phi) is 6.30. The van der Waals surface area contributed by atoms with Gasteiger partial charge in [0.25, 0.3) is 0 Å². The van der Waals surface area contributed by atoms with E-state index in [1.54, 1.807) is 7.11 Å². The van der Waals surface area contributed by atoms with E-state index >= 15 is 0 Å². The molecule has 134 valence electrons. The van der Waals surface area contributed by atoms with Gasteiger partial charge in [-0.25, -0.2) is 4.98 Å². The van der Waals surface area contributed by atoms with Crippen LogP contribution in [0.25, 0.3) is 0 Å². The van der Waals surface area contributed by atoms with Crippen LogP contribution < -0.4 is 10.1 Å². The molecule has 1 amide bonds. The van der Waals surface area contributed by atoms with Crippen molar-refractivity contribution in [2.75, 3.05) is 18.2 Å². The zero-order valence-electron chi connectivity index (χ0n) is 14.7. The maximum absolute atomic E-state index is 12.1. The number of carbonyl (C=O) groups excluding carboxylic acids is 1. The number of rotatable bonds is 7. The van der Waals surface area contributed by atoms with Gasteiger partial charge in [0.2, 0.25) is 5.91 Å². The number of aromatic nitrogens is 1. The highest BCUT2D eigenvalue weighted by Crippen LogP contribution is 2.23. The smallest absolute Gasteiger partial charge is 0.236 e. The molecule has 3 rings (SSSR count). The molecule has 0 radical (unpaired) electrons. The van der Waals surface area contributed by atoms with Gasteiger partial charge in [0.15, 0.2) is 5.13 Å². The fourth-order valence-electron chi connectivity index (χ4n) is 2.33. The predicted octanol–water partition coefficient (Wildman–Crippen LogP) is 4.78. The minimum atomic E-state index is -0.0408. The largest absolute Gasteiger partial charge is 0.497 e. The lowest BCUT2D eigenvalue weighted by atomic mass is 10.1. The highest BCUT2D eigenvalue weighted by molar-refractivity contribution is 8.00. The van der Waals surface area contributed by atoms with E-state index < -0.39 is 0 Å². The summed E-state index contributed by atoms with van der Waals surface area (Å²) in [6.45, 7) is 2.05. The van der Waals surface area contributed by atoms with Crippen molar-refractivity contribution in [3.63, 3.8) is 0 Å². The molecule has 0 unspecified atom stereocenters. The molecular weight excluding hydrogens is 364 g/mol. The maximum atomic E-state index is 12.1. The molecule has 0 atom stereocenters. The Balaban J connectivity index is 1.50. The number of methoxy groups -OCH3 is 1. The van der Waals surface area contributed by atoms with E-state index in [1.165, 1.54) is 34.2 Å². The van der Waals surface area contributed by atoms with E-state index in [4.69, 9.17) is 4.74 Å². The first-order valence-corrected chi connectivity index (χ1v) is 9.99. The van der Waals surface area contributed by atoms with Gasteiger partial charge in [-0.15, -0.1) is 23.1 Å². The average molecular weight is 385 g/mol. The van der Waals surface area contributed by atoms with Crippen LogP contribution in [0.15, 0.2) is 59.6 Å². The number of aryl methyl sites for hydroxylation is 1. The van der Waals surface area contributed by atoms with Gasteiger partial charge in [0.05, 0.1) is 12.9 Å². The van der Waals surface area contributed by atoms with Crippen LogP contribution in [-0.2, 0) is 11.2 Å². The summed E-state index contributed by atoms with van der Waals surface area (Å²) < 4.78 is 5.17. The molecule has 0 spiro atoms. The van der Waals surface area contributed by atoms with E-state index in [1.807, 2.05) is 61.7 Å². The highest BCUT2D eigenvalue weighted by atomic mass is 32.2. The second-order valence-corrected chi connectivity index (χ2v) is 7.97. The number of nitrogens with one attached hydrogen (secondary N) is 1. The molecule has 1 N–H and O–H groups in total. The van der Waals surface area contributed by atoms with Gasteiger partial charge in [-0.1, -0.05) is 29.8 Å². The number of benzene rings is 2. The minimum Gasteiger partial charge on any atom is -0.497 e. The lowest BCUT2D eigenvalue weighted by molar-refractivity contribution is -0.113. The van der Waals surface area contributed by atoms with Crippen molar-refractivity contribution >= 4 is 34.1 Å². The maximum Gasteiger partial charge on any atom is 0.236 e. The molecule has 0 aliphatic heterocycles. The average Bonchev–Trinajstić information content (AvgIpc) is 3.08. The lowest BCUT2D eigenvalue weighted by Gasteiger charge is -2.03. The number of ether oxygens (including phenoxy) is 1. The standard InChI is InChI=1S/C20H20N2O2S2/c1-14-3-9-17(10-4-14)25-13-19(23)22-20-21-12-18(26-20)11-15-5-7-16(24-2)8-6-15/h3-10,12H,11,13H2,1-2H3,(H,21,22,23). The van der Waals surface area contributed by atoms with E-state index in [2.05, 4.69) is 10.3 Å². The van der Waals surface area contributed by atoms with Crippen LogP contribution in [0.2, 0.25) is 0 Å². The zero-order chi connectivity index (χ0) is 18.4. The number of thioether (sulfide) groups is 1. The number of hydrogen-bond donors (Lipinski definition) is 1. The second-order valence-electron chi connectivity index (χ2n) is 5.81. The van der Waals surface area contributed by atoms with Crippen LogP contribution in [0.1, 0.15) is 16.0 Å². The molecule has 26 heavy (non-hydrogen) atoms. The monoisotopic (exact) mass is 384 g/mol. The Hall–Kier alpha value is -2.31. The Morgan fingerprint density at radius 1 is 1.15 bits per heavy atom. The molecule has 6 heteroatoms. The van der Waals surface area contributed by atoms with Gasteiger partial charge in [-0.05, 0) is 36.8 Å². The summed E-state index contributed by atoms with van der Waals surface area (Å²) in [5, 5.41) is 3.52. The van der Waals surface area contributed by atoms with Crippen LogP contribution in [0.3, 0.4) is 0 Å². The van der Waals surface area contributed by atoms with Crippen molar-refractivity contribution in [3.05, 3.63) is 70.7 Å². The number of hydrogen-bond acceptors (Lipinski definition) is 5. The van der Waals surface area contributed by atoms with Crippen LogP contribution >= 0.6 is 23.1 Å². The third-order valence-corrected chi connectivity index (χ3v) is 5.65. The molecule has 0 bridgehead atoms. The summed E-state index contributed by atoms with van der Waals surface area (Å²) in [4.78, 5) is 18.6. The molecular formula is C20H20N2O2S2. The normalized spacial score (nSPS) is 10.5. The summed E-state index contributed by atoms with van der Waals surface area (Å²) in [7, 11) is 1.66. The third-order valence-electron chi connectivity index (χ3n) is 3.73.